The molecule has 0 bridgehead atoms. The maximum atomic E-state index is 11.7. The summed E-state index contributed by atoms with van der Waals surface area (Å²) in [5.41, 5.74) is 7.06. The number of thiophene rings is 1. The summed E-state index contributed by atoms with van der Waals surface area (Å²) in [6.07, 6.45) is 2.75. The fourth-order valence-corrected chi connectivity index (χ4v) is 2.90. The topological polar surface area (TPSA) is 55.1 Å². The van der Waals surface area contributed by atoms with Crippen molar-refractivity contribution in [3.8, 4) is 0 Å². The van der Waals surface area contributed by atoms with Crippen molar-refractivity contribution in [2.24, 2.45) is 5.73 Å². The number of carbonyl (C=O) groups excluding carboxylic acids is 1. The van der Waals surface area contributed by atoms with Crippen LogP contribution in [-0.2, 0) is 11.3 Å². The Kier molecular flexibility index (Phi) is 6.02. The molecule has 1 aromatic heterocycles. The number of amides is 1. The Labute approximate surface area is 111 Å². The number of aryl methyl sites for hydroxylation is 2. The summed E-state index contributed by atoms with van der Waals surface area (Å²) >= 11 is 3.44. The lowest BCUT2D eigenvalue weighted by Gasteiger charge is -2.10. The van der Waals surface area contributed by atoms with Crippen LogP contribution >= 0.6 is 23.1 Å². The van der Waals surface area contributed by atoms with Gasteiger partial charge in [-0.15, -0.1) is 11.3 Å². The van der Waals surface area contributed by atoms with E-state index >= 15 is 0 Å². The second-order valence-corrected chi connectivity index (χ2v) is 6.38. The van der Waals surface area contributed by atoms with E-state index in [-0.39, 0.29) is 11.9 Å². The van der Waals surface area contributed by atoms with Crippen molar-refractivity contribution in [3.63, 3.8) is 0 Å². The Morgan fingerprint density at radius 1 is 1.59 bits per heavy atom. The molecule has 0 unspecified atom stereocenters. The molecule has 0 radical (unpaired) electrons. The van der Waals surface area contributed by atoms with E-state index in [2.05, 4.69) is 25.2 Å². The molecule has 3 nitrogen and oxygen atoms in total. The normalized spacial score (nSPS) is 12.5. The summed E-state index contributed by atoms with van der Waals surface area (Å²) in [5.74, 6) is 0.869. The van der Waals surface area contributed by atoms with E-state index in [1.165, 1.54) is 15.3 Å². The van der Waals surface area contributed by atoms with Gasteiger partial charge in [0.1, 0.15) is 0 Å². The molecule has 0 spiro atoms. The maximum Gasteiger partial charge on any atom is 0.237 e. The van der Waals surface area contributed by atoms with Crippen LogP contribution in [0.15, 0.2) is 6.07 Å². The first-order valence-corrected chi connectivity index (χ1v) is 7.83. The average molecular weight is 272 g/mol. The monoisotopic (exact) mass is 272 g/mol. The molecule has 17 heavy (non-hydrogen) atoms. The zero-order chi connectivity index (χ0) is 12.8. The molecular formula is C12H20N2OS2. The second-order valence-electron chi connectivity index (χ2n) is 4.06. The van der Waals surface area contributed by atoms with Crippen LogP contribution in [0.3, 0.4) is 0 Å². The first kappa shape index (κ1) is 14.5. The Bertz CT molecular complexity index is 357. The molecular weight excluding hydrogens is 252 g/mol. The number of hydrogen-bond acceptors (Lipinski definition) is 4. The minimum atomic E-state index is -0.385. The standard InChI is InChI=1S/C12H20N2OS2/c1-8-6-10(17-9(8)2)7-14-12(15)11(13)4-5-16-3/h6,11H,4-5,7,13H2,1-3H3,(H,14,15)/t11-/m1/s1. The third kappa shape index (κ3) is 4.69. The van der Waals surface area contributed by atoms with Gasteiger partial charge in [0.15, 0.2) is 0 Å². The van der Waals surface area contributed by atoms with Crippen LogP contribution in [0, 0.1) is 13.8 Å². The smallest absolute Gasteiger partial charge is 0.237 e. The zero-order valence-electron chi connectivity index (χ0n) is 10.6. The van der Waals surface area contributed by atoms with Crippen LogP contribution in [0.4, 0.5) is 0 Å². The summed E-state index contributed by atoms with van der Waals surface area (Å²) in [5, 5.41) is 2.89. The van der Waals surface area contributed by atoms with Crippen LogP contribution in [0.2, 0.25) is 0 Å². The van der Waals surface area contributed by atoms with Gasteiger partial charge in [0.25, 0.3) is 0 Å². The molecule has 3 N–H and O–H groups in total. The van der Waals surface area contributed by atoms with Crippen molar-refractivity contribution in [1.29, 1.82) is 0 Å². The van der Waals surface area contributed by atoms with E-state index in [0.29, 0.717) is 6.54 Å². The van der Waals surface area contributed by atoms with Crippen LogP contribution in [-0.4, -0.2) is 24.0 Å². The highest BCUT2D eigenvalue weighted by molar-refractivity contribution is 7.98. The molecule has 1 aromatic rings. The van der Waals surface area contributed by atoms with Crippen molar-refractivity contribution >= 4 is 29.0 Å². The first-order chi connectivity index (χ1) is 8.04. The third-order valence-electron chi connectivity index (χ3n) is 2.62. The van der Waals surface area contributed by atoms with Crippen LogP contribution in [0.1, 0.15) is 21.7 Å². The molecule has 0 aromatic carbocycles. The molecule has 1 heterocycles. The van der Waals surface area contributed by atoms with Gasteiger partial charge >= 0.3 is 0 Å². The Morgan fingerprint density at radius 2 is 2.29 bits per heavy atom. The Balaban J connectivity index is 2.37. The van der Waals surface area contributed by atoms with Crippen LogP contribution < -0.4 is 11.1 Å². The lowest BCUT2D eigenvalue weighted by Crippen LogP contribution is -2.40. The van der Waals surface area contributed by atoms with E-state index in [1.54, 1.807) is 23.1 Å². The molecule has 1 rings (SSSR count). The minimum absolute atomic E-state index is 0.0530. The van der Waals surface area contributed by atoms with E-state index < -0.39 is 0 Å². The van der Waals surface area contributed by atoms with Gasteiger partial charge in [-0.25, -0.2) is 0 Å². The van der Waals surface area contributed by atoms with Crippen LogP contribution in [0.5, 0.6) is 0 Å². The van der Waals surface area contributed by atoms with E-state index in [4.69, 9.17) is 5.73 Å². The van der Waals surface area contributed by atoms with Crippen LogP contribution in [0.25, 0.3) is 0 Å². The fraction of sp³-hybridized carbons (Fsp3) is 0.583. The van der Waals surface area contributed by atoms with E-state index in [1.807, 2.05) is 6.26 Å². The molecule has 5 heteroatoms. The average Bonchev–Trinajstić information content (AvgIpc) is 2.62. The van der Waals surface area contributed by atoms with E-state index in [0.717, 1.165) is 12.2 Å². The minimum Gasteiger partial charge on any atom is -0.350 e. The molecule has 0 saturated heterocycles. The molecule has 96 valence electrons. The van der Waals surface area contributed by atoms with Gasteiger partial charge in [0.2, 0.25) is 5.91 Å². The molecule has 0 fully saturated rings. The quantitative estimate of drug-likeness (QED) is 0.833. The molecule has 1 atom stereocenters. The third-order valence-corrected chi connectivity index (χ3v) is 4.42. The van der Waals surface area contributed by atoms with Crippen molar-refractivity contribution in [2.75, 3.05) is 12.0 Å². The number of thioether (sulfide) groups is 1. The Hall–Kier alpha value is -0.520. The summed E-state index contributed by atoms with van der Waals surface area (Å²) in [4.78, 5) is 14.2. The van der Waals surface area contributed by atoms with Gasteiger partial charge in [-0.2, -0.15) is 11.8 Å². The number of nitrogens with two attached hydrogens (primary N) is 1. The first-order valence-electron chi connectivity index (χ1n) is 5.62. The lowest BCUT2D eigenvalue weighted by molar-refractivity contribution is -0.122. The summed E-state index contributed by atoms with van der Waals surface area (Å²) in [7, 11) is 0. The zero-order valence-corrected chi connectivity index (χ0v) is 12.2. The predicted molar refractivity (Wildman–Crippen MR) is 76.6 cm³/mol. The SMILES string of the molecule is CSCC[C@@H](N)C(=O)NCc1cc(C)c(C)s1. The number of hydrogen-bond donors (Lipinski definition) is 2. The second kappa shape index (κ2) is 7.03. The fourth-order valence-electron chi connectivity index (χ4n) is 1.42. The number of nitrogens with one attached hydrogen (secondary N) is 1. The molecule has 0 aliphatic carbocycles. The van der Waals surface area contributed by atoms with Crippen molar-refractivity contribution in [3.05, 3.63) is 21.4 Å². The summed E-state index contributed by atoms with van der Waals surface area (Å²) < 4.78 is 0. The van der Waals surface area contributed by atoms with Crippen molar-refractivity contribution in [2.45, 2.75) is 32.9 Å². The highest BCUT2D eigenvalue weighted by Gasteiger charge is 2.12. The highest BCUT2D eigenvalue weighted by Crippen LogP contribution is 2.20. The summed E-state index contributed by atoms with van der Waals surface area (Å²) in [6.45, 7) is 4.77. The molecule has 1 amide bonds. The van der Waals surface area contributed by atoms with Gasteiger partial charge in [0.05, 0.1) is 12.6 Å². The highest BCUT2D eigenvalue weighted by atomic mass is 32.2. The van der Waals surface area contributed by atoms with Crippen molar-refractivity contribution < 1.29 is 4.79 Å². The molecule has 0 aliphatic heterocycles. The van der Waals surface area contributed by atoms with Gasteiger partial charge < -0.3 is 11.1 Å². The van der Waals surface area contributed by atoms with E-state index in [9.17, 15) is 4.79 Å². The van der Waals surface area contributed by atoms with Gasteiger partial charge in [-0.05, 0) is 43.9 Å². The number of rotatable bonds is 6. The summed E-state index contributed by atoms with van der Waals surface area (Å²) in [6, 6.07) is 1.73. The maximum absolute atomic E-state index is 11.7. The van der Waals surface area contributed by atoms with Gasteiger partial charge in [0, 0.05) is 9.75 Å². The van der Waals surface area contributed by atoms with Gasteiger partial charge in [-0.3, -0.25) is 4.79 Å². The van der Waals surface area contributed by atoms with Gasteiger partial charge in [-0.1, -0.05) is 0 Å². The number of carbonyl (C=O) groups is 1. The lowest BCUT2D eigenvalue weighted by atomic mass is 10.2. The molecule has 0 saturated carbocycles. The Morgan fingerprint density at radius 3 is 2.82 bits per heavy atom. The predicted octanol–water partition coefficient (Wildman–Crippen LogP) is 2.06. The largest absolute Gasteiger partial charge is 0.350 e. The van der Waals surface area contributed by atoms with Crippen molar-refractivity contribution in [1.82, 2.24) is 5.32 Å². The molecule has 0 aliphatic rings.